The van der Waals surface area contributed by atoms with Crippen LogP contribution >= 0.6 is 0 Å². The molecule has 0 aliphatic carbocycles. The quantitative estimate of drug-likeness (QED) is 0.711. The number of benzene rings is 1. The normalized spacial score (nSPS) is 9.93. The van der Waals surface area contributed by atoms with Gasteiger partial charge in [0.05, 0.1) is 5.97 Å². The summed E-state index contributed by atoms with van der Waals surface area (Å²) in [6.07, 6.45) is 0. The summed E-state index contributed by atoms with van der Waals surface area (Å²) in [6.45, 7) is 5.36. The molecule has 0 heterocycles. The summed E-state index contributed by atoms with van der Waals surface area (Å²) in [5.74, 6) is -0.556. The van der Waals surface area contributed by atoms with E-state index in [9.17, 15) is 9.90 Å². The van der Waals surface area contributed by atoms with Gasteiger partial charge in [-0.2, -0.15) is 0 Å². The first-order valence-electron chi connectivity index (χ1n) is 4.42. The van der Waals surface area contributed by atoms with Gasteiger partial charge in [0.25, 0.3) is 0 Å². The fourth-order valence-corrected chi connectivity index (χ4v) is 1.28. The molecule has 0 aromatic heterocycles. The minimum absolute atomic E-state index is 0.398. The second-order valence-corrected chi connectivity index (χ2v) is 3.31. The van der Waals surface area contributed by atoms with E-state index in [-0.39, 0.29) is 0 Å². The van der Waals surface area contributed by atoms with Crippen molar-refractivity contribution >= 4 is 5.97 Å². The summed E-state index contributed by atoms with van der Waals surface area (Å²) in [5, 5.41) is 10.2. The molecule has 0 saturated heterocycles. The monoisotopic (exact) mass is 193 g/mol. The van der Waals surface area contributed by atoms with E-state index >= 15 is 0 Å². The number of carboxylic acid groups (broad SMARTS) is 1. The fraction of sp³-hybridized carbons (Fsp3) is 0.364. The van der Waals surface area contributed by atoms with E-state index in [0.29, 0.717) is 5.75 Å². The van der Waals surface area contributed by atoms with E-state index in [2.05, 4.69) is 0 Å². The van der Waals surface area contributed by atoms with Crippen molar-refractivity contribution in [1.29, 1.82) is 0 Å². The first-order valence-corrected chi connectivity index (χ1v) is 4.42. The van der Waals surface area contributed by atoms with Gasteiger partial charge in [-0.25, -0.2) is 0 Å². The van der Waals surface area contributed by atoms with Gasteiger partial charge in [-0.1, -0.05) is 12.1 Å². The van der Waals surface area contributed by atoms with Crippen LogP contribution in [0.3, 0.4) is 0 Å². The Morgan fingerprint density at radius 1 is 1.29 bits per heavy atom. The van der Waals surface area contributed by atoms with Crippen molar-refractivity contribution in [2.24, 2.45) is 0 Å². The molecule has 0 amide bonds. The van der Waals surface area contributed by atoms with Gasteiger partial charge in [0, 0.05) is 0 Å². The van der Waals surface area contributed by atoms with Crippen LogP contribution in [0.2, 0.25) is 0 Å². The summed E-state index contributed by atoms with van der Waals surface area (Å²) in [7, 11) is 0. The molecule has 14 heavy (non-hydrogen) atoms. The van der Waals surface area contributed by atoms with Gasteiger partial charge in [0.1, 0.15) is 12.4 Å². The molecule has 1 aromatic carbocycles. The molecule has 0 unspecified atom stereocenters. The highest BCUT2D eigenvalue weighted by atomic mass is 16.5. The maximum absolute atomic E-state index is 10.2. The van der Waals surface area contributed by atoms with E-state index in [1.165, 1.54) is 0 Å². The van der Waals surface area contributed by atoms with Crippen LogP contribution in [0.4, 0.5) is 0 Å². The summed E-state index contributed by atoms with van der Waals surface area (Å²) in [4.78, 5) is 10.2. The third-order valence-electron chi connectivity index (χ3n) is 2.21. The summed E-state index contributed by atoms with van der Waals surface area (Å²) >= 11 is 0. The van der Waals surface area contributed by atoms with Crippen molar-refractivity contribution in [3.8, 4) is 5.75 Å². The minimum Gasteiger partial charge on any atom is -0.546 e. The molecule has 0 aliphatic heterocycles. The zero-order valence-electron chi connectivity index (χ0n) is 8.59. The average molecular weight is 193 g/mol. The highest BCUT2D eigenvalue weighted by Gasteiger charge is 2.05. The minimum atomic E-state index is -1.20. The Labute approximate surface area is 83.3 Å². The fourth-order valence-electron chi connectivity index (χ4n) is 1.28. The van der Waals surface area contributed by atoms with Crippen LogP contribution in [0.15, 0.2) is 12.1 Å². The third-order valence-corrected chi connectivity index (χ3v) is 2.21. The van der Waals surface area contributed by atoms with Gasteiger partial charge < -0.3 is 14.6 Å². The molecule has 3 heteroatoms. The van der Waals surface area contributed by atoms with Gasteiger partial charge in [-0.15, -0.1) is 0 Å². The van der Waals surface area contributed by atoms with E-state index < -0.39 is 12.6 Å². The first kappa shape index (κ1) is 10.6. The van der Waals surface area contributed by atoms with Gasteiger partial charge in [-0.05, 0) is 37.5 Å². The molecular weight excluding hydrogens is 180 g/mol. The lowest BCUT2D eigenvalue weighted by molar-refractivity contribution is -0.307. The molecule has 0 saturated carbocycles. The largest absolute Gasteiger partial charge is 0.546 e. The van der Waals surface area contributed by atoms with E-state index in [0.717, 1.165) is 16.7 Å². The lowest BCUT2D eigenvalue weighted by Gasteiger charge is -2.13. The number of ether oxygens (including phenoxy) is 1. The smallest absolute Gasteiger partial charge is 0.128 e. The molecule has 0 aliphatic rings. The van der Waals surface area contributed by atoms with E-state index in [4.69, 9.17) is 4.74 Å². The zero-order chi connectivity index (χ0) is 10.7. The zero-order valence-corrected chi connectivity index (χ0v) is 8.59. The average Bonchev–Trinajstić information content (AvgIpc) is 2.11. The Hall–Kier alpha value is -1.51. The van der Waals surface area contributed by atoms with Crippen LogP contribution in [0.5, 0.6) is 5.75 Å². The van der Waals surface area contributed by atoms with Crippen LogP contribution in [0.25, 0.3) is 0 Å². The molecule has 0 N–H and O–H groups in total. The van der Waals surface area contributed by atoms with Gasteiger partial charge >= 0.3 is 0 Å². The predicted octanol–water partition coefficient (Wildman–Crippen LogP) is 0.741. The van der Waals surface area contributed by atoms with Crippen LogP contribution in [-0.4, -0.2) is 12.6 Å². The molecule has 1 rings (SSSR count). The number of aryl methyl sites for hydroxylation is 2. The van der Waals surface area contributed by atoms with Gasteiger partial charge in [-0.3, -0.25) is 0 Å². The molecule has 0 fully saturated rings. The highest BCUT2D eigenvalue weighted by molar-refractivity contribution is 5.66. The van der Waals surface area contributed by atoms with Crippen LogP contribution < -0.4 is 9.84 Å². The molecule has 76 valence electrons. The Bertz CT molecular complexity index is 356. The topological polar surface area (TPSA) is 49.4 Å². The predicted molar refractivity (Wildman–Crippen MR) is 51.2 cm³/mol. The molecular formula is C11H13O3-. The number of hydrogen-bond acceptors (Lipinski definition) is 3. The second kappa shape index (κ2) is 4.13. The van der Waals surface area contributed by atoms with Crippen LogP contribution in [0.1, 0.15) is 16.7 Å². The van der Waals surface area contributed by atoms with Crippen molar-refractivity contribution in [3.63, 3.8) is 0 Å². The molecule has 0 bridgehead atoms. The molecule has 1 aromatic rings. The maximum Gasteiger partial charge on any atom is 0.128 e. The lowest BCUT2D eigenvalue weighted by atomic mass is 10.1. The van der Waals surface area contributed by atoms with E-state index in [1.54, 1.807) is 0 Å². The number of aliphatic carboxylic acids is 1. The summed E-state index contributed by atoms with van der Waals surface area (Å²) < 4.78 is 5.15. The summed E-state index contributed by atoms with van der Waals surface area (Å²) in [6, 6.07) is 3.89. The highest BCUT2D eigenvalue weighted by Crippen LogP contribution is 2.25. The molecule has 0 radical (unpaired) electrons. The van der Waals surface area contributed by atoms with Crippen LogP contribution in [-0.2, 0) is 4.79 Å². The molecule has 3 nitrogen and oxygen atoms in total. The van der Waals surface area contributed by atoms with Gasteiger partial charge in [0.15, 0.2) is 0 Å². The Morgan fingerprint density at radius 3 is 2.43 bits per heavy atom. The standard InChI is InChI=1S/C11H14O3/c1-7-4-5-8(2)11(9(7)3)14-6-10(12)13/h4-5H,6H2,1-3H3,(H,12,13)/p-1. The third kappa shape index (κ3) is 2.25. The van der Waals surface area contributed by atoms with Crippen molar-refractivity contribution in [3.05, 3.63) is 28.8 Å². The van der Waals surface area contributed by atoms with E-state index in [1.807, 2.05) is 32.9 Å². The number of carboxylic acids is 1. The lowest BCUT2D eigenvalue weighted by Crippen LogP contribution is -2.29. The van der Waals surface area contributed by atoms with Crippen LogP contribution in [0, 0.1) is 20.8 Å². The second-order valence-electron chi connectivity index (χ2n) is 3.31. The Morgan fingerprint density at radius 2 is 1.86 bits per heavy atom. The number of carbonyl (C=O) groups is 1. The Balaban J connectivity index is 2.95. The summed E-state index contributed by atoms with van der Waals surface area (Å²) in [5.41, 5.74) is 3.00. The van der Waals surface area contributed by atoms with Crippen molar-refractivity contribution in [2.75, 3.05) is 6.61 Å². The SMILES string of the molecule is Cc1ccc(C)c(OCC(=O)[O-])c1C. The first-order chi connectivity index (χ1) is 6.52. The van der Waals surface area contributed by atoms with Crippen molar-refractivity contribution < 1.29 is 14.6 Å². The molecule has 0 atom stereocenters. The van der Waals surface area contributed by atoms with Crippen molar-refractivity contribution in [2.45, 2.75) is 20.8 Å². The number of carbonyl (C=O) groups excluding carboxylic acids is 1. The number of hydrogen-bond donors (Lipinski definition) is 0. The van der Waals surface area contributed by atoms with Crippen molar-refractivity contribution in [1.82, 2.24) is 0 Å². The number of rotatable bonds is 3. The molecule has 0 spiro atoms. The Kier molecular flexibility index (Phi) is 3.12. The maximum atomic E-state index is 10.2. The van der Waals surface area contributed by atoms with Gasteiger partial charge in [0.2, 0.25) is 0 Å².